The van der Waals surface area contributed by atoms with E-state index in [9.17, 15) is 18.4 Å². The quantitative estimate of drug-likeness (QED) is 0.611. The van der Waals surface area contributed by atoms with Gasteiger partial charge < -0.3 is 10.1 Å². The molecule has 0 heterocycles. The summed E-state index contributed by atoms with van der Waals surface area (Å²) in [6, 6.07) is 12.6. The highest BCUT2D eigenvalue weighted by Crippen LogP contribution is 2.18. The number of rotatable bonds is 7. The fourth-order valence-corrected chi connectivity index (χ4v) is 2.61. The zero-order valence-corrected chi connectivity index (χ0v) is 13.4. The number of carbonyl (C=O) groups excluding carboxylic acids is 2. The van der Waals surface area contributed by atoms with Crippen molar-refractivity contribution in [1.82, 2.24) is 0 Å². The van der Waals surface area contributed by atoms with Gasteiger partial charge in [-0.25, -0.2) is 8.78 Å². The number of anilines is 1. The summed E-state index contributed by atoms with van der Waals surface area (Å²) in [5, 5.41) is 2.32. The second-order valence-corrected chi connectivity index (χ2v) is 5.92. The molecule has 1 amide bonds. The Balaban J connectivity index is 1.67. The zero-order chi connectivity index (χ0) is 17.4. The minimum Gasteiger partial charge on any atom is -0.456 e. The lowest BCUT2D eigenvalue weighted by atomic mass is 10.3. The standard InChI is InChI=1S/C17H15F2NO3S/c18-14-7-6-12(10-15(14)19)20-16(21)11-23-17(22)8-9-24-13-4-2-1-3-5-13/h1-7,10H,8-9,11H2,(H,20,21). The molecule has 4 nitrogen and oxygen atoms in total. The number of nitrogens with one attached hydrogen (secondary N) is 1. The van der Waals surface area contributed by atoms with Crippen LogP contribution < -0.4 is 5.32 Å². The number of ether oxygens (including phenoxy) is 1. The summed E-state index contributed by atoms with van der Waals surface area (Å²) in [7, 11) is 0. The molecule has 0 saturated heterocycles. The SMILES string of the molecule is O=C(COC(=O)CCSc1ccccc1)Nc1ccc(F)c(F)c1. The van der Waals surface area contributed by atoms with Gasteiger partial charge in [0.15, 0.2) is 18.2 Å². The van der Waals surface area contributed by atoms with Crippen LogP contribution in [0.1, 0.15) is 6.42 Å². The molecule has 0 fully saturated rings. The second kappa shape index (κ2) is 9.02. The molecular weight excluding hydrogens is 336 g/mol. The molecule has 0 unspecified atom stereocenters. The topological polar surface area (TPSA) is 55.4 Å². The summed E-state index contributed by atoms with van der Waals surface area (Å²) < 4.78 is 30.6. The van der Waals surface area contributed by atoms with E-state index in [0.717, 1.165) is 17.0 Å². The third kappa shape index (κ3) is 6.00. The molecule has 0 spiro atoms. The summed E-state index contributed by atoms with van der Waals surface area (Å²) in [5.41, 5.74) is 0.0922. The van der Waals surface area contributed by atoms with Gasteiger partial charge in [0, 0.05) is 22.4 Å². The maximum absolute atomic E-state index is 13.0. The number of halogens is 2. The Morgan fingerprint density at radius 3 is 2.50 bits per heavy atom. The van der Waals surface area contributed by atoms with E-state index in [1.165, 1.54) is 17.8 Å². The summed E-state index contributed by atoms with van der Waals surface area (Å²) in [5.74, 6) is -2.66. The highest BCUT2D eigenvalue weighted by atomic mass is 32.2. The van der Waals surface area contributed by atoms with Crippen LogP contribution in [-0.4, -0.2) is 24.2 Å². The molecule has 0 atom stereocenters. The van der Waals surface area contributed by atoms with E-state index in [-0.39, 0.29) is 12.1 Å². The maximum Gasteiger partial charge on any atom is 0.307 e. The van der Waals surface area contributed by atoms with Gasteiger partial charge in [-0.3, -0.25) is 9.59 Å². The Bertz CT molecular complexity index is 710. The number of esters is 1. The van der Waals surface area contributed by atoms with Gasteiger partial charge in [-0.1, -0.05) is 18.2 Å². The fraction of sp³-hybridized carbons (Fsp3) is 0.176. The van der Waals surface area contributed by atoms with Gasteiger partial charge in [-0.2, -0.15) is 0 Å². The monoisotopic (exact) mass is 351 g/mol. The van der Waals surface area contributed by atoms with Crippen molar-refractivity contribution in [1.29, 1.82) is 0 Å². The molecule has 0 aliphatic rings. The molecule has 24 heavy (non-hydrogen) atoms. The zero-order valence-electron chi connectivity index (χ0n) is 12.6. The third-order valence-corrected chi connectivity index (χ3v) is 3.90. The molecule has 1 N–H and O–H groups in total. The highest BCUT2D eigenvalue weighted by molar-refractivity contribution is 7.99. The summed E-state index contributed by atoms with van der Waals surface area (Å²) in [4.78, 5) is 24.2. The van der Waals surface area contributed by atoms with Gasteiger partial charge >= 0.3 is 5.97 Å². The number of hydrogen-bond donors (Lipinski definition) is 1. The molecule has 7 heteroatoms. The van der Waals surface area contributed by atoms with E-state index >= 15 is 0 Å². The predicted octanol–water partition coefficient (Wildman–Crippen LogP) is 3.63. The maximum atomic E-state index is 13.0. The van der Waals surface area contributed by atoms with Crippen molar-refractivity contribution in [3.8, 4) is 0 Å². The summed E-state index contributed by atoms with van der Waals surface area (Å²) in [6.45, 7) is -0.478. The Kier molecular flexibility index (Phi) is 6.74. The van der Waals surface area contributed by atoms with Gasteiger partial charge in [0.05, 0.1) is 6.42 Å². The molecule has 2 aromatic carbocycles. The first kappa shape index (κ1) is 17.9. The molecule has 126 valence electrons. The van der Waals surface area contributed by atoms with E-state index in [4.69, 9.17) is 4.74 Å². The van der Waals surface area contributed by atoms with Crippen LogP contribution in [0.2, 0.25) is 0 Å². The van der Waals surface area contributed by atoms with Crippen molar-refractivity contribution in [3.63, 3.8) is 0 Å². The molecule has 0 bridgehead atoms. The lowest BCUT2D eigenvalue weighted by Gasteiger charge is -2.07. The van der Waals surface area contributed by atoms with Crippen LogP contribution in [0.5, 0.6) is 0 Å². The number of benzene rings is 2. The van der Waals surface area contributed by atoms with Crippen LogP contribution in [0, 0.1) is 11.6 Å². The van der Waals surface area contributed by atoms with Crippen LogP contribution in [-0.2, 0) is 14.3 Å². The average molecular weight is 351 g/mol. The second-order valence-electron chi connectivity index (χ2n) is 4.75. The smallest absolute Gasteiger partial charge is 0.307 e. The van der Waals surface area contributed by atoms with E-state index in [1.54, 1.807) is 0 Å². The minimum absolute atomic E-state index is 0.0922. The van der Waals surface area contributed by atoms with E-state index < -0.39 is 30.1 Å². The number of amides is 1. The largest absolute Gasteiger partial charge is 0.456 e. The third-order valence-electron chi connectivity index (χ3n) is 2.89. The van der Waals surface area contributed by atoms with Gasteiger partial charge in [0.2, 0.25) is 0 Å². The Morgan fingerprint density at radius 1 is 1.04 bits per heavy atom. The molecule has 0 aliphatic heterocycles. The van der Waals surface area contributed by atoms with Crippen LogP contribution in [0.4, 0.5) is 14.5 Å². The molecule has 0 aliphatic carbocycles. The predicted molar refractivity (Wildman–Crippen MR) is 87.7 cm³/mol. The molecule has 0 radical (unpaired) electrons. The summed E-state index contributed by atoms with van der Waals surface area (Å²) in [6.07, 6.45) is 0.165. The van der Waals surface area contributed by atoms with Crippen LogP contribution >= 0.6 is 11.8 Å². The molecule has 0 saturated carbocycles. The lowest BCUT2D eigenvalue weighted by molar-refractivity contribution is -0.146. The first-order valence-electron chi connectivity index (χ1n) is 7.13. The lowest BCUT2D eigenvalue weighted by Crippen LogP contribution is -2.21. The first-order valence-corrected chi connectivity index (χ1v) is 8.11. The van der Waals surface area contributed by atoms with Crippen LogP contribution in [0.15, 0.2) is 53.4 Å². The highest BCUT2D eigenvalue weighted by Gasteiger charge is 2.09. The Labute approximate surface area is 142 Å². The van der Waals surface area contributed by atoms with E-state index in [1.807, 2.05) is 30.3 Å². The first-order chi connectivity index (χ1) is 11.5. The van der Waals surface area contributed by atoms with Gasteiger partial charge in [-0.15, -0.1) is 11.8 Å². The fourth-order valence-electron chi connectivity index (χ4n) is 1.76. The van der Waals surface area contributed by atoms with Crippen molar-refractivity contribution >= 4 is 29.3 Å². The van der Waals surface area contributed by atoms with Crippen molar-refractivity contribution in [2.24, 2.45) is 0 Å². The Hall–Kier alpha value is -2.41. The van der Waals surface area contributed by atoms with Gasteiger partial charge in [-0.05, 0) is 24.3 Å². The van der Waals surface area contributed by atoms with Crippen molar-refractivity contribution in [2.45, 2.75) is 11.3 Å². The van der Waals surface area contributed by atoms with Gasteiger partial charge in [0.1, 0.15) is 0 Å². The van der Waals surface area contributed by atoms with Crippen LogP contribution in [0.3, 0.4) is 0 Å². The van der Waals surface area contributed by atoms with Crippen molar-refractivity contribution in [2.75, 3.05) is 17.7 Å². The number of thioether (sulfide) groups is 1. The molecule has 2 rings (SSSR count). The normalized spacial score (nSPS) is 10.2. The van der Waals surface area contributed by atoms with Crippen molar-refractivity contribution in [3.05, 3.63) is 60.2 Å². The van der Waals surface area contributed by atoms with Gasteiger partial charge in [0.25, 0.3) is 5.91 Å². The number of hydrogen-bond acceptors (Lipinski definition) is 4. The van der Waals surface area contributed by atoms with Crippen LogP contribution in [0.25, 0.3) is 0 Å². The molecule has 0 aromatic heterocycles. The average Bonchev–Trinajstić information content (AvgIpc) is 2.57. The Morgan fingerprint density at radius 2 is 1.79 bits per heavy atom. The summed E-state index contributed by atoms with van der Waals surface area (Å²) >= 11 is 1.51. The number of carbonyl (C=O) groups is 2. The van der Waals surface area contributed by atoms with Crippen molar-refractivity contribution < 1.29 is 23.1 Å². The van der Waals surface area contributed by atoms with E-state index in [0.29, 0.717) is 5.75 Å². The molecular formula is C17H15F2NO3S. The minimum atomic E-state index is -1.07. The molecule has 2 aromatic rings. The van der Waals surface area contributed by atoms with E-state index in [2.05, 4.69) is 5.32 Å².